The summed E-state index contributed by atoms with van der Waals surface area (Å²) in [7, 11) is 0. The Morgan fingerprint density at radius 1 is 0.621 bits per heavy atom. The van der Waals surface area contributed by atoms with Crippen molar-refractivity contribution in [3.05, 3.63) is 58.7 Å². The lowest BCUT2D eigenvalue weighted by Gasteiger charge is -2.37. The maximum Gasteiger partial charge on any atom is 0.254 e. The first-order valence-corrected chi connectivity index (χ1v) is 23.1. The van der Waals surface area contributed by atoms with Crippen LogP contribution < -0.4 is 15.5 Å². The zero-order valence-corrected chi connectivity index (χ0v) is 37.5. The standard InChI is InChI=1S/C25H38N2O2.C24H37N3O2/c1-6-16-26-22-17-19(14-15-21(22)25(7-2,8-3)24(26)29)23(28)27(18(4)5)20-12-10-9-11-13-20;1-5-24(6-2)20-13-12-18(16-21(20)26(15-14-25)23(24)29)22(28)27(17(3)4)19-10-8-7-9-11-19/h14-15,17-18,20H,6-13,16H2,1-5H3;12-13,16-17,19H,5-11,14-15,25H2,1-4H3. The molecule has 0 aromatic heterocycles. The highest BCUT2D eigenvalue weighted by molar-refractivity contribution is 6.10. The SMILES string of the molecule is CCC1(CC)C(=O)N(CCN)c2cc(C(=O)N(C(C)C)C3CCCCC3)ccc21.CCCN1C(=O)C(CC)(CC)c2ccc(C(=O)N(C(C)C)C3CCCCC3)cc21. The van der Waals surface area contributed by atoms with Crippen molar-refractivity contribution in [2.24, 2.45) is 5.73 Å². The molecule has 0 atom stereocenters. The summed E-state index contributed by atoms with van der Waals surface area (Å²) < 4.78 is 0. The molecule has 2 aliphatic heterocycles. The van der Waals surface area contributed by atoms with Crippen molar-refractivity contribution in [2.45, 2.75) is 194 Å². The van der Waals surface area contributed by atoms with Gasteiger partial charge in [-0.2, -0.15) is 0 Å². The molecule has 2 heterocycles. The molecule has 2 aliphatic carbocycles. The summed E-state index contributed by atoms with van der Waals surface area (Å²) in [6.45, 7) is 20.5. The largest absolute Gasteiger partial charge is 0.333 e. The third kappa shape index (κ3) is 8.35. The molecule has 6 rings (SSSR count). The molecule has 4 aliphatic rings. The van der Waals surface area contributed by atoms with Gasteiger partial charge in [0.15, 0.2) is 0 Å². The molecule has 4 amide bonds. The van der Waals surface area contributed by atoms with Crippen LogP contribution in [0.1, 0.15) is 190 Å². The molecular weight excluding hydrogens is 723 g/mol. The number of fused-ring (bicyclic) bond motifs is 2. The summed E-state index contributed by atoms with van der Waals surface area (Å²) in [5, 5.41) is 0. The van der Waals surface area contributed by atoms with Crippen molar-refractivity contribution in [3.63, 3.8) is 0 Å². The number of hydrogen-bond donors (Lipinski definition) is 1. The van der Waals surface area contributed by atoms with Gasteiger partial charge in [-0.15, -0.1) is 0 Å². The van der Waals surface area contributed by atoms with E-state index in [4.69, 9.17) is 5.73 Å². The number of carbonyl (C=O) groups is 4. The minimum atomic E-state index is -0.493. The van der Waals surface area contributed by atoms with E-state index in [1.54, 1.807) is 4.90 Å². The van der Waals surface area contributed by atoms with E-state index in [0.29, 0.717) is 37.3 Å². The lowest BCUT2D eigenvalue weighted by atomic mass is 9.77. The van der Waals surface area contributed by atoms with Crippen LogP contribution in [-0.2, 0) is 20.4 Å². The average Bonchev–Trinajstić information content (AvgIpc) is 3.61. The Bertz CT molecular complexity index is 1620. The van der Waals surface area contributed by atoms with E-state index in [9.17, 15) is 19.2 Å². The van der Waals surface area contributed by atoms with Gasteiger partial charge in [0.05, 0.1) is 10.8 Å². The van der Waals surface area contributed by atoms with Crippen LogP contribution in [0.3, 0.4) is 0 Å². The first-order valence-electron chi connectivity index (χ1n) is 23.1. The van der Waals surface area contributed by atoms with E-state index < -0.39 is 10.8 Å². The zero-order valence-electron chi connectivity index (χ0n) is 37.5. The number of nitrogens with zero attached hydrogens (tertiary/aromatic N) is 4. The van der Waals surface area contributed by atoms with Crippen LogP contribution >= 0.6 is 0 Å². The first kappa shape index (κ1) is 45.4. The van der Waals surface area contributed by atoms with E-state index in [2.05, 4.69) is 78.2 Å². The van der Waals surface area contributed by atoms with Gasteiger partial charge in [-0.05, 0) is 121 Å². The fourth-order valence-electron chi connectivity index (χ4n) is 10.9. The maximum atomic E-state index is 13.6. The molecule has 2 saturated carbocycles. The Kier molecular flexibility index (Phi) is 15.3. The van der Waals surface area contributed by atoms with Gasteiger partial charge in [0.2, 0.25) is 11.8 Å². The lowest BCUT2D eigenvalue weighted by molar-refractivity contribution is -0.124. The van der Waals surface area contributed by atoms with E-state index in [0.717, 1.165) is 85.9 Å². The van der Waals surface area contributed by atoms with Crippen LogP contribution in [-0.4, -0.2) is 77.2 Å². The smallest absolute Gasteiger partial charge is 0.254 e. The van der Waals surface area contributed by atoms with Crippen molar-refractivity contribution in [3.8, 4) is 0 Å². The Hall–Kier alpha value is -3.72. The summed E-state index contributed by atoms with van der Waals surface area (Å²) in [5.41, 5.74) is 10.3. The average molecular weight is 798 g/mol. The predicted octanol–water partition coefficient (Wildman–Crippen LogP) is 9.92. The number of amides is 4. The van der Waals surface area contributed by atoms with Gasteiger partial charge in [-0.3, -0.25) is 19.2 Å². The molecule has 2 aromatic carbocycles. The molecule has 2 aromatic rings. The van der Waals surface area contributed by atoms with Crippen molar-refractivity contribution in [1.29, 1.82) is 0 Å². The van der Waals surface area contributed by atoms with E-state index >= 15 is 0 Å². The number of benzene rings is 2. The minimum absolute atomic E-state index is 0.0837. The highest BCUT2D eigenvalue weighted by atomic mass is 16.2. The van der Waals surface area contributed by atoms with Gasteiger partial charge < -0.3 is 25.3 Å². The zero-order chi connectivity index (χ0) is 42.4. The molecule has 0 radical (unpaired) electrons. The number of anilines is 2. The van der Waals surface area contributed by atoms with Crippen LogP contribution in [0.25, 0.3) is 0 Å². The third-order valence-electron chi connectivity index (χ3n) is 14.1. The first-order chi connectivity index (χ1) is 27.8. The fourth-order valence-corrected chi connectivity index (χ4v) is 10.9. The minimum Gasteiger partial charge on any atom is -0.333 e. The molecule has 58 heavy (non-hydrogen) atoms. The molecule has 2 N–H and O–H groups in total. The third-order valence-corrected chi connectivity index (χ3v) is 14.1. The Morgan fingerprint density at radius 2 is 0.983 bits per heavy atom. The van der Waals surface area contributed by atoms with Crippen LogP contribution in [0.5, 0.6) is 0 Å². The van der Waals surface area contributed by atoms with Gasteiger partial charge in [-0.1, -0.05) is 85.3 Å². The number of rotatable bonds is 14. The normalized spacial score (nSPS) is 19.0. The molecule has 0 saturated heterocycles. The Labute approximate surface area is 350 Å². The topological polar surface area (TPSA) is 107 Å². The molecule has 9 heteroatoms. The summed E-state index contributed by atoms with van der Waals surface area (Å²) in [6, 6.07) is 12.9. The maximum absolute atomic E-state index is 13.6. The van der Waals surface area contributed by atoms with Crippen LogP contribution in [0.2, 0.25) is 0 Å². The van der Waals surface area contributed by atoms with Crippen LogP contribution in [0, 0.1) is 0 Å². The molecule has 0 unspecified atom stereocenters. The fraction of sp³-hybridized carbons (Fsp3) is 0.673. The lowest BCUT2D eigenvalue weighted by Crippen LogP contribution is -2.45. The van der Waals surface area contributed by atoms with Crippen LogP contribution in [0.4, 0.5) is 11.4 Å². The summed E-state index contributed by atoms with van der Waals surface area (Å²) >= 11 is 0. The van der Waals surface area contributed by atoms with Gasteiger partial charge in [0.25, 0.3) is 11.8 Å². The molecule has 9 nitrogen and oxygen atoms in total. The second-order valence-corrected chi connectivity index (χ2v) is 17.9. The van der Waals surface area contributed by atoms with E-state index in [-0.39, 0.29) is 35.7 Å². The highest BCUT2D eigenvalue weighted by Crippen LogP contribution is 2.48. The predicted molar refractivity (Wildman–Crippen MR) is 238 cm³/mol. The Balaban J connectivity index is 0.000000221. The molecule has 320 valence electrons. The molecule has 0 bridgehead atoms. The molecular formula is C49H75N5O4. The van der Waals surface area contributed by atoms with Gasteiger partial charge in [0, 0.05) is 66.3 Å². The highest BCUT2D eigenvalue weighted by Gasteiger charge is 2.49. The Morgan fingerprint density at radius 3 is 1.29 bits per heavy atom. The number of carbonyl (C=O) groups excluding carboxylic acids is 4. The molecule has 2 fully saturated rings. The second kappa shape index (κ2) is 19.6. The summed E-state index contributed by atoms with van der Waals surface area (Å²) in [4.78, 5) is 61.6. The summed E-state index contributed by atoms with van der Waals surface area (Å²) in [6.07, 6.45) is 15.7. The second-order valence-electron chi connectivity index (χ2n) is 17.9. The summed E-state index contributed by atoms with van der Waals surface area (Å²) in [5.74, 6) is 0.530. The van der Waals surface area contributed by atoms with Crippen molar-refractivity contribution < 1.29 is 19.2 Å². The van der Waals surface area contributed by atoms with Gasteiger partial charge >= 0.3 is 0 Å². The van der Waals surface area contributed by atoms with Crippen LogP contribution in [0.15, 0.2) is 36.4 Å². The monoisotopic (exact) mass is 798 g/mol. The van der Waals surface area contributed by atoms with E-state index in [1.807, 2.05) is 35.2 Å². The van der Waals surface area contributed by atoms with Gasteiger partial charge in [0.1, 0.15) is 0 Å². The quantitative estimate of drug-likeness (QED) is 0.205. The number of hydrogen-bond acceptors (Lipinski definition) is 5. The van der Waals surface area contributed by atoms with Crippen molar-refractivity contribution in [1.82, 2.24) is 9.80 Å². The number of nitrogens with two attached hydrogens (primary N) is 1. The van der Waals surface area contributed by atoms with Crippen molar-refractivity contribution in [2.75, 3.05) is 29.4 Å². The van der Waals surface area contributed by atoms with E-state index in [1.165, 1.54) is 38.5 Å². The van der Waals surface area contributed by atoms with Crippen molar-refractivity contribution >= 4 is 35.0 Å². The van der Waals surface area contributed by atoms with Gasteiger partial charge in [-0.25, -0.2) is 0 Å². The molecule has 0 spiro atoms.